The average molecular weight is 410 g/mol. The molecule has 6 heteroatoms. The van der Waals surface area contributed by atoms with Crippen LogP contribution in [0, 0.1) is 0 Å². The second-order valence-corrected chi connectivity index (χ2v) is 7.71. The molecule has 1 heterocycles. The minimum absolute atomic E-state index is 0.0266. The van der Waals surface area contributed by atoms with Gasteiger partial charge in [-0.2, -0.15) is 0 Å². The lowest BCUT2D eigenvalue weighted by atomic mass is 10.0. The summed E-state index contributed by atoms with van der Waals surface area (Å²) in [5, 5.41) is 5.54. The van der Waals surface area contributed by atoms with E-state index in [1.165, 1.54) is 19.3 Å². The van der Waals surface area contributed by atoms with Crippen LogP contribution in [0.5, 0.6) is 11.5 Å². The van der Waals surface area contributed by atoms with Crippen molar-refractivity contribution in [2.45, 2.75) is 38.6 Å². The lowest BCUT2D eigenvalue weighted by Gasteiger charge is -2.33. The summed E-state index contributed by atoms with van der Waals surface area (Å²) in [6.07, 6.45) is 4.77. The molecule has 0 radical (unpaired) electrons. The molecule has 1 aliphatic rings. The highest BCUT2D eigenvalue weighted by molar-refractivity contribution is 5.96. The van der Waals surface area contributed by atoms with Gasteiger partial charge in [0.15, 0.2) is 0 Å². The lowest BCUT2D eigenvalue weighted by molar-refractivity contribution is -0.120. The lowest BCUT2D eigenvalue weighted by Crippen LogP contribution is -2.40. The Morgan fingerprint density at radius 1 is 1.00 bits per heavy atom. The minimum Gasteiger partial charge on any atom is -0.457 e. The van der Waals surface area contributed by atoms with Crippen LogP contribution in [-0.4, -0.2) is 48.9 Å². The second-order valence-electron chi connectivity index (χ2n) is 7.71. The van der Waals surface area contributed by atoms with Crippen LogP contribution in [-0.2, 0) is 4.79 Å². The van der Waals surface area contributed by atoms with E-state index in [0.717, 1.165) is 25.3 Å². The molecule has 3 rings (SSSR count). The van der Waals surface area contributed by atoms with Gasteiger partial charge in [-0.3, -0.25) is 9.59 Å². The van der Waals surface area contributed by atoms with Gasteiger partial charge in [0.05, 0.1) is 6.54 Å². The van der Waals surface area contributed by atoms with Crippen LogP contribution in [0.25, 0.3) is 0 Å². The van der Waals surface area contributed by atoms with Gasteiger partial charge < -0.3 is 20.3 Å². The molecule has 2 amide bonds. The van der Waals surface area contributed by atoms with E-state index in [4.69, 9.17) is 4.74 Å². The fraction of sp³-hybridized carbons (Fsp3) is 0.417. The Balaban J connectivity index is 1.33. The minimum atomic E-state index is -0.279. The Morgan fingerprint density at radius 2 is 1.73 bits per heavy atom. The molecule has 2 N–H and O–H groups in total. The van der Waals surface area contributed by atoms with Crippen molar-refractivity contribution in [2.24, 2.45) is 0 Å². The normalized spacial score (nSPS) is 16.6. The highest BCUT2D eigenvalue weighted by Crippen LogP contribution is 2.21. The van der Waals surface area contributed by atoms with Crippen molar-refractivity contribution in [1.29, 1.82) is 0 Å². The van der Waals surface area contributed by atoms with Gasteiger partial charge in [0, 0.05) is 24.7 Å². The predicted molar refractivity (Wildman–Crippen MR) is 118 cm³/mol. The van der Waals surface area contributed by atoms with Gasteiger partial charge in [0.2, 0.25) is 5.91 Å². The first-order valence-corrected chi connectivity index (χ1v) is 10.7. The third-order valence-corrected chi connectivity index (χ3v) is 5.39. The summed E-state index contributed by atoms with van der Waals surface area (Å²) >= 11 is 0. The predicted octanol–water partition coefficient (Wildman–Crippen LogP) is 3.59. The molecule has 1 fully saturated rings. The number of para-hydroxylation sites is 1. The largest absolute Gasteiger partial charge is 0.457 e. The van der Waals surface area contributed by atoms with E-state index in [0.29, 0.717) is 23.9 Å². The van der Waals surface area contributed by atoms with Gasteiger partial charge in [-0.15, -0.1) is 0 Å². The number of nitrogens with one attached hydrogen (secondary N) is 2. The Bertz CT molecular complexity index is 808. The number of piperidine rings is 1. The zero-order valence-corrected chi connectivity index (χ0v) is 17.6. The van der Waals surface area contributed by atoms with E-state index in [2.05, 4.69) is 22.5 Å². The number of likely N-dealkylation sites (tertiary alicyclic amines) is 1. The second kappa shape index (κ2) is 11.4. The monoisotopic (exact) mass is 409 g/mol. The van der Waals surface area contributed by atoms with Crippen molar-refractivity contribution in [3.8, 4) is 11.5 Å². The molecular weight excluding hydrogens is 378 g/mol. The van der Waals surface area contributed by atoms with Gasteiger partial charge in [-0.05, 0) is 69.1 Å². The Kier molecular flexibility index (Phi) is 8.27. The molecule has 0 aliphatic carbocycles. The summed E-state index contributed by atoms with van der Waals surface area (Å²) in [5.74, 6) is 0.942. The van der Waals surface area contributed by atoms with E-state index in [1.807, 2.05) is 30.3 Å². The van der Waals surface area contributed by atoms with Gasteiger partial charge in [-0.1, -0.05) is 24.6 Å². The van der Waals surface area contributed by atoms with Gasteiger partial charge in [0.25, 0.3) is 5.91 Å². The van der Waals surface area contributed by atoms with Crippen molar-refractivity contribution in [1.82, 2.24) is 15.5 Å². The van der Waals surface area contributed by atoms with Crippen LogP contribution < -0.4 is 15.4 Å². The van der Waals surface area contributed by atoms with Crippen molar-refractivity contribution in [3.05, 3.63) is 60.2 Å². The standard InChI is InChI=1S/C24H31N3O3/c1-19-8-5-6-16-27(19)17-7-15-25-23(28)18-26-24(29)20-11-13-22(14-12-20)30-21-9-3-2-4-10-21/h2-4,9-14,19H,5-8,15-18H2,1H3,(H,25,28)(H,26,29)/t19-/m1/s1. The molecule has 6 nitrogen and oxygen atoms in total. The van der Waals surface area contributed by atoms with Gasteiger partial charge >= 0.3 is 0 Å². The number of hydrogen-bond donors (Lipinski definition) is 2. The summed E-state index contributed by atoms with van der Waals surface area (Å²) in [6, 6.07) is 16.9. The van der Waals surface area contributed by atoms with Crippen LogP contribution in [0.3, 0.4) is 0 Å². The Hall–Kier alpha value is -2.86. The van der Waals surface area contributed by atoms with Crippen LogP contribution in [0.15, 0.2) is 54.6 Å². The number of carbonyl (C=O) groups is 2. The summed E-state index contributed by atoms with van der Waals surface area (Å²) < 4.78 is 5.72. The molecular formula is C24H31N3O3. The van der Waals surface area contributed by atoms with E-state index in [9.17, 15) is 9.59 Å². The van der Waals surface area contributed by atoms with E-state index < -0.39 is 0 Å². The first-order chi connectivity index (χ1) is 14.6. The van der Waals surface area contributed by atoms with Crippen molar-refractivity contribution in [2.75, 3.05) is 26.2 Å². The fourth-order valence-corrected chi connectivity index (χ4v) is 3.62. The summed E-state index contributed by atoms with van der Waals surface area (Å²) in [7, 11) is 0. The molecule has 2 aromatic rings. The summed E-state index contributed by atoms with van der Waals surface area (Å²) in [6.45, 7) is 5.03. The third-order valence-electron chi connectivity index (χ3n) is 5.39. The molecule has 1 aliphatic heterocycles. The molecule has 0 saturated carbocycles. The SMILES string of the molecule is C[C@@H]1CCCCN1CCCNC(=O)CNC(=O)c1ccc(Oc2ccccc2)cc1. The maximum Gasteiger partial charge on any atom is 0.251 e. The van der Waals surface area contributed by atoms with E-state index in [1.54, 1.807) is 24.3 Å². The molecule has 160 valence electrons. The van der Waals surface area contributed by atoms with Crippen molar-refractivity contribution >= 4 is 11.8 Å². The zero-order valence-electron chi connectivity index (χ0n) is 17.6. The molecule has 0 unspecified atom stereocenters. The third kappa shape index (κ3) is 6.88. The Labute approximate surface area is 178 Å². The van der Waals surface area contributed by atoms with Crippen LogP contribution in [0.1, 0.15) is 43.0 Å². The summed E-state index contributed by atoms with van der Waals surface area (Å²) in [4.78, 5) is 26.7. The molecule has 1 saturated heterocycles. The number of carbonyl (C=O) groups excluding carboxylic acids is 2. The maximum absolute atomic E-state index is 12.3. The van der Waals surface area contributed by atoms with Crippen molar-refractivity contribution in [3.63, 3.8) is 0 Å². The number of rotatable bonds is 9. The van der Waals surface area contributed by atoms with E-state index >= 15 is 0 Å². The van der Waals surface area contributed by atoms with Gasteiger partial charge in [-0.25, -0.2) is 0 Å². The molecule has 0 bridgehead atoms. The first-order valence-electron chi connectivity index (χ1n) is 10.7. The topological polar surface area (TPSA) is 70.7 Å². The number of hydrogen-bond acceptors (Lipinski definition) is 4. The smallest absolute Gasteiger partial charge is 0.251 e. The van der Waals surface area contributed by atoms with Crippen molar-refractivity contribution < 1.29 is 14.3 Å². The Morgan fingerprint density at radius 3 is 2.47 bits per heavy atom. The van der Waals surface area contributed by atoms with Gasteiger partial charge in [0.1, 0.15) is 11.5 Å². The zero-order chi connectivity index (χ0) is 21.2. The highest BCUT2D eigenvalue weighted by Gasteiger charge is 2.17. The van der Waals surface area contributed by atoms with Crippen LogP contribution >= 0.6 is 0 Å². The fourth-order valence-electron chi connectivity index (χ4n) is 3.62. The number of nitrogens with zero attached hydrogens (tertiary/aromatic N) is 1. The number of ether oxygens (including phenoxy) is 1. The average Bonchev–Trinajstić information content (AvgIpc) is 2.77. The molecule has 1 atom stereocenters. The molecule has 0 aromatic heterocycles. The van der Waals surface area contributed by atoms with Crippen LogP contribution in [0.4, 0.5) is 0 Å². The number of benzene rings is 2. The number of amides is 2. The summed E-state index contributed by atoms with van der Waals surface area (Å²) in [5.41, 5.74) is 0.488. The van der Waals surface area contributed by atoms with E-state index in [-0.39, 0.29) is 18.4 Å². The molecule has 30 heavy (non-hydrogen) atoms. The maximum atomic E-state index is 12.3. The highest BCUT2D eigenvalue weighted by atomic mass is 16.5. The quantitative estimate of drug-likeness (QED) is 0.621. The first kappa shape index (κ1) is 21.8. The molecule has 2 aromatic carbocycles. The molecule has 0 spiro atoms. The van der Waals surface area contributed by atoms with Crippen LogP contribution in [0.2, 0.25) is 0 Å².